The molecular weight excluding hydrogens is 202 g/mol. The summed E-state index contributed by atoms with van der Waals surface area (Å²) in [4.78, 5) is 0. The maximum Gasteiger partial charge on any atom is 0.122 e. The van der Waals surface area contributed by atoms with Crippen molar-refractivity contribution < 1.29 is 9.47 Å². The lowest BCUT2D eigenvalue weighted by Crippen LogP contribution is -2.25. The summed E-state index contributed by atoms with van der Waals surface area (Å²) in [6, 6.07) is 6.02. The Labute approximate surface area is 97.6 Å². The average molecular weight is 223 g/mol. The van der Waals surface area contributed by atoms with E-state index in [1.165, 1.54) is 0 Å². The maximum absolute atomic E-state index is 5.87. The van der Waals surface area contributed by atoms with Crippen molar-refractivity contribution in [3.63, 3.8) is 0 Å². The summed E-state index contributed by atoms with van der Waals surface area (Å²) < 4.78 is 10.5. The minimum atomic E-state index is 0.177. The Morgan fingerprint density at radius 2 is 1.88 bits per heavy atom. The molecule has 3 nitrogen and oxygen atoms in total. The van der Waals surface area contributed by atoms with Gasteiger partial charge in [0.15, 0.2) is 0 Å². The minimum Gasteiger partial charge on any atom is -0.497 e. The number of hydrogen-bond donors (Lipinski definition) is 1. The highest BCUT2D eigenvalue weighted by Gasteiger charge is 2.12. The van der Waals surface area contributed by atoms with Crippen molar-refractivity contribution in [1.82, 2.24) is 0 Å². The first kappa shape index (κ1) is 12.8. The van der Waals surface area contributed by atoms with Crippen molar-refractivity contribution in [2.24, 2.45) is 11.7 Å². The molecule has 0 saturated heterocycles. The Morgan fingerprint density at radius 3 is 2.38 bits per heavy atom. The summed E-state index contributed by atoms with van der Waals surface area (Å²) in [5, 5.41) is 0. The van der Waals surface area contributed by atoms with Gasteiger partial charge in [0, 0.05) is 6.04 Å². The van der Waals surface area contributed by atoms with Crippen LogP contribution in [-0.4, -0.2) is 20.3 Å². The number of ether oxygens (including phenoxy) is 2. The third kappa shape index (κ3) is 3.14. The van der Waals surface area contributed by atoms with E-state index in [2.05, 4.69) is 6.92 Å². The predicted octanol–water partition coefficient (Wildman–Crippen LogP) is 2.23. The zero-order chi connectivity index (χ0) is 12.1. The van der Waals surface area contributed by atoms with Gasteiger partial charge in [-0.2, -0.15) is 0 Å². The second-order valence-corrected chi connectivity index (χ2v) is 4.22. The highest BCUT2D eigenvalue weighted by Crippen LogP contribution is 2.26. The van der Waals surface area contributed by atoms with Crippen LogP contribution in [0.2, 0.25) is 0 Å². The average Bonchev–Trinajstić information content (AvgIpc) is 2.28. The number of rotatable bonds is 5. The molecule has 0 radical (unpaired) electrons. The second-order valence-electron chi connectivity index (χ2n) is 4.22. The molecule has 0 aliphatic rings. The normalized spacial score (nSPS) is 14.3. The molecule has 1 aromatic carbocycles. The molecule has 0 aliphatic heterocycles. The van der Waals surface area contributed by atoms with Crippen molar-refractivity contribution in [2.45, 2.75) is 26.3 Å². The lowest BCUT2D eigenvalue weighted by atomic mass is 9.95. The molecule has 90 valence electrons. The molecule has 0 aromatic heterocycles. The van der Waals surface area contributed by atoms with Crippen molar-refractivity contribution >= 4 is 0 Å². The number of nitrogens with two attached hydrogens (primary N) is 1. The summed E-state index contributed by atoms with van der Waals surface area (Å²) >= 11 is 0. The van der Waals surface area contributed by atoms with Gasteiger partial charge in [-0.25, -0.2) is 0 Å². The minimum absolute atomic E-state index is 0.177. The third-order valence-corrected chi connectivity index (χ3v) is 2.93. The number of methoxy groups -OCH3 is 2. The molecule has 3 heteroatoms. The summed E-state index contributed by atoms with van der Waals surface area (Å²) in [5.74, 6) is 2.17. The van der Waals surface area contributed by atoms with Crippen LogP contribution >= 0.6 is 0 Å². The molecule has 0 heterocycles. The number of hydrogen-bond acceptors (Lipinski definition) is 3. The molecule has 0 saturated carbocycles. The standard InChI is InChI=1S/C13H21NO2/c1-9(10(2)14)7-11-8-12(15-3)5-6-13(11)16-4/h5-6,8-10H,7,14H2,1-4H3. The van der Waals surface area contributed by atoms with Crippen molar-refractivity contribution in [3.8, 4) is 11.5 Å². The van der Waals surface area contributed by atoms with Crippen LogP contribution in [0.1, 0.15) is 19.4 Å². The van der Waals surface area contributed by atoms with Crippen LogP contribution < -0.4 is 15.2 Å². The van der Waals surface area contributed by atoms with E-state index in [0.717, 1.165) is 23.5 Å². The zero-order valence-corrected chi connectivity index (χ0v) is 10.5. The van der Waals surface area contributed by atoms with E-state index in [0.29, 0.717) is 5.92 Å². The van der Waals surface area contributed by atoms with E-state index in [1.54, 1.807) is 14.2 Å². The molecule has 0 spiro atoms. The molecule has 2 N–H and O–H groups in total. The lowest BCUT2D eigenvalue weighted by molar-refractivity contribution is 0.391. The fourth-order valence-electron chi connectivity index (χ4n) is 1.57. The molecule has 1 aromatic rings. The van der Waals surface area contributed by atoms with E-state index < -0.39 is 0 Å². The molecule has 16 heavy (non-hydrogen) atoms. The van der Waals surface area contributed by atoms with Crippen molar-refractivity contribution in [2.75, 3.05) is 14.2 Å². The first-order chi connectivity index (χ1) is 7.58. The van der Waals surface area contributed by atoms with Crippen LogP contribution in [0.25, 0.3) is 0 Å². The Balaban J connectivity index is 2.91. The monoisotopic (exact) mass is 223 g/mol. The first-order valence-corrected chi connectivity index (χ1v) is 5.55. The van der Waals surface area contributed by atoms with Gasteiger partial charge in [0.1, 0.15) is 11.5 Å². The topological polar surface area (TPSA) is 44.5 Å². The SMILES string of the molecule is COc1ccc(OC)c(CC(C)C(C)N)c1. The molecule has 1 rings (SSSR count). The van der Waals surface area contributed by atoms with Gasteiger partial charge in [-0.1, -0.05) is 6.92 Å². The second kappa shape index (κ2) is 5.75. The van der Waals surface area contributed by atoms with E-state index in [9.17, 15) is 0 Å². The van der Waals surface area contributed by atoms with E-state index >= 15 is 0 Å². The molecule has 2 atom stereocenters. The Bertz CT molecular complexity index is 337. The Kier molecular flexibility index (Phi) is 4.62. The van der Waals surface area contributed by atoms with Crippen molar-refractivity contribution in [3.05, 3.63) is 23.8 Å². The fourth-order valence-corrected chi connectivity index (χ4v) is 1.57. The van der Waals surface area contributed by atoms with Gasteiger partial charge >= 0.3 is 0 Å². The smallest absolute Gasteiger partial charge is 0.122 e. The quantitative estimate of drug-likeness (QED) is 0.832. The Morgan fingerprint density at radius 1 is 1.19 bits per heavy atom. The maximum atomic E-state index is 5.87. The van der Waals surface area contributed by atoms with Gasteiger partial charge in [0.25, 0.3) is 0 Å². The van der Waals surface area contributed by atoms with Crippen LogP contribution in [0, 0.1) is 5.92 Å². The van der Waals surface area contributed by atoms with Gasteiger partial charge in [-0.3, -0.25) is 0 Å². The fraction of sp³-hybridized carbons (Fsp3) is 0.538. The van der Waals surface area contributed by atoms with Crippen LogP contribution in [-0.2, 0) is 6.42 Å². The van der Waals surface area contributed by atoms with Gasteiger partial charge in [-0.05, 0) is 43.0 Å². The Hall–Kier alpha value is -1.22. The summed E-state index contributed by atoms with van der Waals surface area (Å²) in [6.45, 7) is 4.17. The van der Waals surface area contributed by atoms with Gasteiger partial charge in [0.2, 0.25) is 0 Å². The largest absolute Gasteiger partial charge is 0.497 e. The van der Waals surface area contributed by atoms with E-state index in [1.807, 2.05) is 25.1 Å². The molecule has 0 bridgehead atoms. The predicted molar refractivity (Wildman–Crippen MR) is 66.1 cm³/mol. The van der Waals surface area contributed by atoms with Gasteiger partial charge < -0.3 is 15.2 Å². The van der Waals surface area contributed by atoms with E-state index in [-0.39, 0.29) is 6.04 Å². The van der Waals surface area contributed by atoms with Crippen LogP contribution in [0.5, 0.6) is 11.5 Å². The summed E-state index contributed by atoms with van der Waals surface area (Å²) in [6.07, 6.45) is 0.901. The van der Waals surface area contributed by atoms with Gasteiger partial charge in [0.05, 0.1) is 14.2 Å². The summed E-state index contributed by atoms with van der Waals surface area (Å²) in [5.41, 5.74) is 7.02. The number of benzene rings is 1. The third-order valence-electron chi connectivity index (χ3n) is 2.93. The molecular formula is C13H21NO2. The highest BCUT2D eigenvalue weighted by molar-refractivity contribution is 5.40. The molecule has 2 unspecified atom stereocenters. The van der Waals surface area contributed by atoms with Crippen molar-refractivity contribution in [1.29, 1.82) is 0 Å². The first-order valence-electron chi connectivity index (χ1n) is 5.55. The summed E-state index contributed by atoms with van der Waals surface area (Å²) in [7, 11) is 3.35. The lowest BCUT2D eigenvalue weighted by Gasteiger charge is -2.17. The van der Waals surface area contributed by atoms with Crippen LogP contribution in [0.3, 0.4) is 0 Å². The molecule has 0 aliphatic carbocycles. The van der Waals surface area contributed by atoms with E-state index in [4.69, 9.17) is 15.2 Å². The van der Waals surface area contributed by atoms with Gasteiger partial charge in [-0.15, -0.1) is 0 Å². The highest BCUT2D eigenvalue weighted by atomic mass is 16.5. The zero-order valence-electron chi connectivity index (χ0n) is 10.5. The van der Waals surface area contributed by atoms with Crippen LogP contribution in [0.4, 0.5) is 0 Å². The molecule has 0 amide bonds. The van der Waals surface area contributed by atoms with Crippen LogP contribution in [0.15, 0.2) is 18.2 Å². The molecule has 0 fully saturated rings.